The van der Waals surface area contributed by atoms with Gasteiger partial charge in [-0.15, -0.1) is 0 Å². The maximum absolute atomic E-state index is 13.4. The van der Waals surface area contributed by atoms with Gasteiger partial charge < -0.3 is 29.3 Å². The third kappa shape index (κ3) is 13.7. The smallest absolute Gasteiger partial charge is 0.416 e. The number of nitrogens with zero attached hydrogens (tertiary/aromatic N) is 3. The van der Waals surface area contributed by atoms with E-state index in [4.69, 9.17) is 14.2 Å². The van der Waals surface area contributed by atoms with Gasteiger partial charge in [0.15, 0.2) is 0 Å². The zero-order valence-corrected chi connectivity index (χ0v) is 30.8. The molecule has 0 bridgehead atoms. The van der Waals surface area contributed by atoms with Crippen molar-refractivity contribution in [2.75, 3.05) is 31.5 Å². The number of ether oxygens (including phenoxy) is 3. The van der Waals surface area contributed by atoms with Crippen LogP contribution in [-0.4, -0.2) is 82.1 Å². The largest absolute Gasteiger partial charge is 0.444 e. The third-order valence-electron chi connectivity index (χ3n) is 7.28. The molecule has 0 unspecified atom stereocenters. The Kier molecular flexibility index (Phi) is 12.8. The number of amides is 3. The van der Waals surface area contributed by atoms with Crippen molar-refractivity contribution >= 4 is 24.1 Å². The van der Waals surface area contributed by atoms with E-state index in [0.717, 1.165) is 17.7 Å². The molecule has 11 nitrogen and oxygen atoms in total. The fourth-order valence-electron chi connectivity index (χ4n) is 5.38. The number of likely N-dealkylation sites (tertiary alicyclic amines) is 1. The van der Waals surface area contributed by atoms with Crippen LogP contribution >= 0.6 is 0 Å². The van der Waals surface area contributed by atoms with Crippen molar-refractivity contribution in [3.63, 3.8) is 0 Å². The van der Waals surface area contributed by atoms with Crippen molar-refractivity contribution in [2.45, 2.75) is 111 Å². The van der Waals surface area contributed by atoms with Gasteiger partial charge in [0.1, 0.15) is 22.6 Å². The molecule has 2 aromatic rings. The number of carbonyl (C=O) groups excluding carboxylic acids is 3. The highest BCUT2D eigenvalue weighted by Crippen LogP contribution is 2.30. The molecule has 3 rings (SSSR count). The molecule has 2 atom stereocenters. The van der Waals surface area contributed by atoms with Crippen LogP contribution in [0, 0.1) is 12.8 Å². The number of rotatable bonds is 9. The highest BCUT2D eigenvalue weighted by atomic mass is 19.4. The summed E-state index contributed by atoms with van der Waals surface area (Å²) in [6, 6.07) is 8.25. The van der Waals surface area contributed by atoms with E-state index in [9.17, 15) is 27.6 Å². The molecule has 1 saturated heterocycles. The Morgan fingerprint density at radius 1 is 0.900 bits per heavy atom. The molecule has 3 amide bonds. The van der Waals surface area contributed by atoms with Crippen LogP contribution in [0.4, 0.5) is 33.4 Å². The van der Waals surface area contributed by atoms with Crippen LogP contribution in [0.15, 0.2) is 36.4 Å². The lowest BCUT2D eigenvalue weighted by Gasteiger charge is -2.29. The Hall–Kier alpha value is -4.07. The molecule has 0 radical (unpaired) electrons. The Labute approximate surface area is 293 Å². The highest BCUT2D eigenvalue weighted by molar-refractivity contribution is 5.83. The number of hydrogen-bond donors (Lipinski definition) is 2. The number of halogens is 3. The predicted molar refractivity (Wildman–Crippen MR) is 184 cm³/mol. The Morgan fingerprint density at radius 3 is 2.14 bits per heavy atom. The summed E-state index contributed by atoms with van der Waals surface area (Å²) in [5, 5.41) is 6.15. The number of nitrogens with one attached hydrogen (secondary N) is 2. The first-order valence-electron chi connectivity index (χ1n) is 16.7. The van der Waals surface area contributed by atoms with Gasteiger partial charge in [0.2, 0.25) is 0 Å². The number of alkyl halides is 3. The van der Waals surface area contributed by atoms with E-state index in [-0.39, 0.29) is 31.6 Å². The Bertz CT molecular complexity index is 1500. The molecule has 14 heteroatoms. The van der Waals surface area contributed by atoms with E-state index in [0.29, 0.717) is 36.6 Å². The second-order valence-electron chi connectivity index (χ2n) is 15.7. The van der Waals surface area contributed by atoms with Crippen LogP contribution in [0.5, 0.6) is 0 Å². The summed E-state index contributed by atoms with van der Waals surface area (Å²) in [7, 11) is 0. The number of aryl methyl sites for hydroxylation is 1. The predicted octanol–water partition coefficient (Wildman–Crippen LogP) is 7.56. The molecule has 2 heterocycles. The molecular weight excluding hydrogens is 655 g/mol. The Balaban J connectivity index is 1.81. The number of pyridine rings is 1. The van der Waals surface area contributed by atoms with Crippen molar-refractivity contribution < 1.29 is 41.8 Å². The van der Waals surface area contributed by atoms with Gasteiger partial charge >= 0.3 is 24.5 Å². The van der Waals surface area contributed by atoms with Crippen LogP contribution < -0.4 is 10.6 Å². The van der Waals surface area contributed by atoms with E-state index >= 15 is 0 Å². The maximum Gasteiger partial charge on any atom is 0.416 e. The fourth-order valence-corrected chi connectivity index (χ4v) is 5.38. The van der Waals surface area contributed by atoms with E-state index < -0.39 is 46.8 Å². The molecule has 1 aromatic carbocycles. The summed E-state index contributed by atoms with van der Waals surface area (Å²) >= 11 is 0. The lowest BCUT2D eigenvalue weighted by Crippen LogP contribution is -2.44. The van der Waals surface area contributed by atoms with E-state index in [1.165, 1.54) is 17.0 Å². The SMILES string of the molecule is Cc1cc(C[C@H]2CN(C(=O)OC(C)(C)C)C[C@H]2NCCN(Cc2cccc(C(F)(F)F)c2)C(=O)OC(C)(C)C)nc(NC(=O)OC(C)(C)C)c1. The molecule has 50 heavy (non-hydrogen) atoms. The minimum Gasteiger partial charge on any atom is -0.444 e. The van der Waals surface area contributed by atoms with Gasteiger partial charge in [0.05, 0.1) is 5.56 Å². The van der Waals surface area contributed by atoms with Gasteiger partial charge in [-0.05, 0) is 117 Å². The van der Waals surface area contributed by atoms with Crippen LogP contribution in [0.3, 0.4) is 0 Å². The Morgan fingerprint density at radius 2 is 1.54 bits per heavy atom. The number of carbonyl (C=O) groups is 3. The van der Waals surface area contributed by atoms with Crippen molar-refractivity contribution in [3.05, 3.63) is 58.8 Å². The van der Waals surface area contributed by atoms with Crippen LogP contribution in [-0.2, 0) is 33.4 Å². The van der Waals surface area contributed by atoms with Gasteiger partial charge in [-0.25, -0.2) is 19.4 Å². The van der Waals surface area contributed by atoms with Gasteiger partial charge in [-0.3, -0.25) is 5.32 Å². The first-order valence-corrected chi connectivity index (χ1v) is 16.7. The number of hydrogen-bond acceptors (Lipinski definition) is 8. The molecule has 0 saturated carbocycles. The lowest BCUT2D eigenvalue weighted by molar-refractivity contribution is -0.137. The summed E-state index contributed by atoms with van der Waals surface area (Å²) in [6.45, 7) is 18.7. The van der Waals surface area contributed by atoms with E-state index in [2.05, 4.69) is 15.6 Å². The first-order chi connectivity index (χ1) is 22.9. The van der Waals surface area contributed by atoms with Crippen LogP contribution in [0.1, 0.15) is 84.7 Å². The highest BCUT2D eigenvalue weighted by Gasteiger charge is 2.38. The first kappa shape index (κ1) is 40.4. The summed E-state index contributed by atoms with van der Waals surface area (Å²) < 4.78 is 56.8. The quantitative estimate of drug-likeness (QED) is 0.256. The monoisotopic (exact) mass is 707 g/mol. The van der Waals surface area contributed by atoms with Crippen LogP contribution in [0.2, 0.25) is 0 Å². The van der Waals surface area contributed by atoms with Gasteiger partial charge in [-0.2, -0.15) is 13.2 Å². The van der Waals surface area contributed by atoms with E-state index in [1.54, 1.807) is 73.3 Å². The average molecular weight is 708 g/mol. The standard InChI is InChI=1S/C36H52F3N5O6/c1-23-16-27(41-29(17-23)42-30(45)48-33(2,3)4)19-25-21-44(32(47)50-35(8,9)10)22-28(25)40-14-15-43(31(46)49-34(5,6)7)20-24-12-11-13-26(18-24)36(37,38)39/h11-13,16-18,25,28,40H,14-15,19-22H2,1-10H3,(H,41,42,45)/t25-,28+/m0/s1. The zero-order chi connectivity index (χ0) is 37.7. The topological polar surface area (TPSA) is 122 Å². The lowest BCUT2D eigenvalue weighted by atomic mass is 9.97. The van der Waals surface area contributed by atoms with Gasteiger partial charge in [0.25, 0.3) is 0 Å². The maximum atomic E-state index is 13.4. The van der Waals surface area contributed by atoms with Crippen molar-refractivity contribution in [1.29, 1.82) is 0 Å². The summed E-state index contributed by atoms with van der Waals surface area (Å²) in [6.07, 6.45) is -5.83. The molecule has 1 fully saturated rings. The molecule has 1 aromatic heterocycles. The van der Waals surface area contributed by atoms with Gasteiger partial charge in [0, 0.05) is 44.5 Å². The molecular formula is C36H52F3N5O6. The second-order valence-corrected chi connectivity index (χ2v) is 15.7. The molecule has 2 N–H and O–H groups in total. The minimum atomic E-state index is -4.52. The molecule has 0 spiro atoms. The third-order valence-corrected chi connectivity index (χ3v) is 7.28. The van der Waals surface area contributed by atoms with Crippen molar-refractivity contribution in [3.8, 4) is 0 Å². The van der Waals surface area contributed by atoms with Crippen molar-refractivity contribution in [1.82, 2.24) is 20.1 Å². The molecule has 1 aliphatic rings. The normalized spacial score (nSPS) is 16.9. The summed E-state index contributed by atoms with van der Waals surface area (Å²) in [5.74, 6) is 0.202. The zero-order valence-electron chi connectivity index (χ0n) is 30.8. The second kappa shape index (κ2) is 15.9. The summed E-state index contributed by atoms with van der Waals surface area (Å²) in [4.78, 5) is 46.4. The molecule has 1 aliphatic heterocycles. The van der Waals surface area contributed by atoms with Gasteiger partial charge in [-0.1, -0.05) is 12.1 Å². The van der Waals surface area contributed by atoms with Crippen molar-refractivity contribution in [2.24, 2.45) is 5.92 Å². The molecule has 0 aliphatic carbocycles. The minimum absolute atomic E-state index is 0.0979. The number of anilines is 1. The number of benzene rings is 1. The van der Waals surface area contributed by atoms with Crippen LogP contribution in [0.25, 0.3) is 0 Å². The summed E-state index contributed by atoms with van der Waals surface area (Å²) in [5.41, 5.74) is -1.13. The fraction of sp³-hybridized carbons (Fsp3) is 0.611. The van der Waals surface area contributed by atoms with E-state index in [1.807, 2.05) is 13.0 Å². The average Bonchev–Trinajstić information content (AvgIpc) is 3.31. The molecule has 278 valence electrons. The number of aromatic nitrogens is 1.